The number of hydrogen-bond acceptors (Lipinski definition) is 4. The van der Waals surface area contributed by atoms with Gasteiger partial charge in [0, 0.05) is 18.7 Å². The molecule has 3 rings (SSSR count). The van der Waals surface area contributed by atoms with Gasteiger partial charge in [-0.05, 0) is 30.9 Å². The van der Waals surface area contributed by atoms with Gasteiger partial charge in [-0.15, -0.1) is 10.2 Å². The minimum absolute atomic E-state index is 0.00173. The largest absolute Gasteiger partial charge is 0.325 e. The lowest BCUT2D eigenvalue weighted by Crippen LogP contribution is -2.15. The highest BCUT2D eigenvalue weighted by Gasteiger charge is 2.16. The summed E-state index contributed by atoms with van der Waals surface area (Å²) >= 11 is 1.47. The van der Waals surface area contributed by atoms with Crippen molar-refractivity contribution in [2.24, 2.45) is 0 Å². The van der Waals surface area contributed by atoms with Crippen molar-refractivity contribution in [2.45, 2.75) is 50.7 Å². The van der Waals surface area contributed by atoms with Crippen LogP contribution in [-0.4, -0.2) is 26.4 Å². The minimum Gasteiger partial charge on any atom is -0.325 e. The molecule has 2 aromatic rings. The molecule has 1 aliphatic rings. The Morgan fingerprint density at radius 2 is 2.13 bits per heavy atom. The van der Waals surface area contributed by atoms with Crippen LogP contribution in [0.3, 0.4) is 0 Å². The number of para-hydroxylation sites is 1. The third-order valence-corrected chi connectivity index (χ3v) is 5.05. The summed E-state index contributed by atoms with van der Waals surface area (Å²) in [5, 5.41) is 12.4. The minimum atomic E-state index is 0.00173. The van der Waals surface area contributed by atoms with Crippen molar-refractivity contribution >= 4 is 23.4 Å². The van der Waals surface area contributed by atoms with Gasteiger partial charge in [-0.1, -0.05) is 43.3 Å². The first kappa shape index (κ1) is 16.1. The number of aryl methyl sites for hydroxylation is 2. The van der Waals surface area contributed by atoms with E-state index in [1.54, 1.807) is 0 Å². The van der Waals surface area contributed by atoms with Crippen molar-refractivity contribution in [1.29, 1.82) is 0 Å². The number of nitrogens with zero attached hydrogens (tertiary/aromatic N) is 3. The van der Waals surface area contributed by atoms with Crippen molar-refractivity contribution in [3.8, 4) is 0 Å². The first-order valence-corrected chi connectivity index (χ1v) is 9.19. The van der Waals surface area contributed by atoms with Gasteiger partial charge in [0.25, 0.3) is 0 Å². The Bertz CT molecular complexity index is 683. The lowest BCUT2D eigenvalue weighted by molar-refractivity contribution is -0.113. The quantitative estimate of drug-likeness (QED) is 0.855. The van der Waals surface area contributed by atoms with Gasteiger partial charge in [0.05, 0.1) is 5.75 Å². The standard InChI is InChI=1S/C17H22N4OS/c1-2-13-8-5-6-9-14(13)18-16(22)12-23-17-20-19-15-10-4-3-7-11-21(15)17/h5-6,8-9H,2-4,7,10-12H2,1H3,(H,18,22). The van der Waals surface area contributed by atoms with Crippen LogP contribution in [0.4, 0.5) is 5.69 Å². The molecule has 1 aromatic carbocycles. The molecule has 0 fully saturated rings. The molecule has 0 aliphatic carbocycles. The predicted molar refractivity (Wildman–Crippen MR) is 92.8 cm³/mol. The van der Waals surface area contributed by atoms with Crippen molar-refractivity contribution in [3.63, 3.8) is 0 Å². The molecule has 0 unspecified atom stereocenters. The Hall–Kier alpha value is -1.82. The molecule has 0 saturated carbocycles. The van der Waals surface area contributed by atoms with Gasteiger partial charge in [-0.25, -0.2) is 0 Å². The smallest absolute Gasteiger partial charge is 0.234 e. The second kappa shape index (κ2) is 7.64. The fourth-order valence-corrected chi connectivity index (χ4v) is 3.62. The van der Waals surface area contributed by atoms with E-state index in [1.807, 2.05) is 24.3 Å². The van der Waals surface area contributed by atoms with Crippen LogP contribution in [0.1, 0.15) is 37.6 Å². The Labute approximate surface area is 140 Å². The lowest BCUT2D eigenvalue weighted by Gasteiger charge is -2.10. The summed E-state index contributed by atoms with van der Waals surface area (Å²) in [6.07, 6.45) is 5.47. The van der Waals surface area contributed by atoms with E-state index in [4.69, 9.17) is 0 Å². The first-order chi connectivity index (χ1) is 11.3. The van der Waals surface area contributed by atoms with Crippen LogP contribution in [0.15, 0.2) is 29.4 Å². The van der Waals surface area contributed by atoms with Gasteiger partial charge in [0.1, 0.15) is 5.82 Å². The SMILES string of the molecule is CCc1ccccc1NC(=O)CSc1nnc2n1CCCCC2. The third kappa shape index (κ3) is 3.93. The highest BCUT2D eigenvalue weighted by Crippen LogP contribution is 2.22. The normalized spacial score (nSPS) is 14.1. The second-order valence-electron chi connectivity index (χ2n) is 5.71. The molecule has 2 heterocycles. The van der Waals surface area contributed by atoms with Crippen LogP contribution in [0, 0.1) is 0 Å². The van der Waals surface area contributed by atoms with E-state index >= 15 is 0 Å². The molecule has 1 N–H and O–H groups in total. The van der Waals surface area contributed by atoms with E-state index in [-0.39, 0.29) is 5.91 Å². The van der Waals surface area contributed by atoms with Crippen molar-refractivity contribution < 1.29 is 4.79 Å². The number of fused-ring (bicyclic) bond motifs is 1. The second-order valence-corrected chi connectivity index (χ2v) is 6.65. The van der Waals surface area contributed by atoms with Crippen LogP contribution in [-0.2, 0) is 24.2 Å². The number of aromatic nitrogens is 3. The Morgan fingerprint density at radius 1 is 1.26 bits per heavy atom. The number of carbonyl (C=O) groups is 1. The Kier molecular flexibility index (Phi) is 5.33. The summed E-state index contributed by atoms with van der Waals surface area (Å²) in [6, 6.07) is 7.93. The summed E-state index contributed by atoms with van der Waals surface area (Å²) in [5.41, 5.74) is 2.06. The number of hydrogen-bond donors (Lipinski definition) is 1. The molecule has 23 heavy (non-hydrogen) atoms. The molecule has 0 atom stereocenters. The first-order valence-electron chi connectivity index (χ1n) is 8.20. The molecule has 0 saturated heterocycles. The zero-order valence-corrected chi connectivity index (χ0v) is 14.2. The van der Waals surface area contributed by atoms with E-state index in [0.29, 0.717) is 5.75 Å². The fraction of sp³-hybridized carbons (Fsp3) is 0.471. The summed E-state index contributed by atoms with van der Waals surface area (Å²) in [4.78, 5) is 12.2. The predicted octanol–water partition coefficient (Wildman–Crippen LogP) is 3.30. The van der Waals surface area contributed by atoms with Crippen LogP contribution in [0.5, 0.6) is 0 Å². The molecule has 1 aliphatic heterocycles. The number of benzene rings is 1. The Morgan fingerprint density at radius 3 is 3.00 bits per heavy atom. The van der Waals surface area contributed by atoms with Gasteiger partial charge in [-0.3, -0.25) is 4.79 Å². The molecular weight excluding hydrogens is 308 g/mol. The highest BCUT2D eigenvalue weighted by molar-refractivity contribution is 7.99. The molecule has 0 bridgehead atoms. The van der Waals surface area contributed by atoms with Crippen molar-refractivity contribution in [3.05, 3.63) is 35.7 Å². The van der Waals surface area contributed by atoms with Crippen molar-refractivity contribution in [1.82, 2.24) is 14.8 Å². The lowest BCUT2D eigenvalue weighted by atomic mass is 10.1. The number of nitrogens with one attached hydrogen (secondary N) is 1. The van der Waals surface area contributed by atoms with Crippen LogP contribution < -0.4 is 5.32 Å². The van der Waals surface area contributed by atoms with E-state index < -0.39 is 0 Å². The molecule has 6 heteroatoms. The van der Waals surface area contributed by atoms with Gasteiger partial charge >= 0.3 is 0 Å². The number of amides is 1. The average Bonchev–Trinajstić information content (AvgIpc) is 2.80. The van der Waals surface area contributed by atoms with Crippen LogP contribution in [0.2, 0.25) is 0 Å². The number of anilines is 1. The van der Waals surface area contributed by atoms with Crippen LogP contribution >= 0.6 is 11.8 Å². The number of thioether (sulfide) groups is 1. The Balaban J connectivity index is 1.60. The molecule has 1 amide bonds. The average molecular weight is 330 g/mol. The molecule has 122 valence electrons. The molecular formula is C17H22N4OS. The highest BCUT2D eigenvalue weighted by atomic mass is 32.2. The monoisotopic (exact) mass is 330 g/mol. The van der Waals surface area contributed by atoms with Gasteiger partial charge in [0.2, 0.25) is 5.91 Å². The van der Waals surface area contributed by atoms with Crippen molar-refractivity contribution in [2.75, 3.05) is 11.1 Å². The van der Waals surface area contributed by atoms with Gasteiger partial charge in [-0.2, -0.15) is 0 Å². The maximum absolute atomic E-state index is 12.2. The van der Waals surface area contributed by atoms with E-state index in [2.05, 4.69) is 27.0 Å². The third-order valence-electron chi connectivity index (χ3n) is 4.08. The maximum atomic E-state index is 12.2. The molecule has 0 radical (unpaired) electrons. The van der Waals surface area contributed by atoms with E-state index in [0.717, 1.165) is 48.0 Å². The zero-order valence-electron chi connectivity index (χ0n) is 13.4. The topological polar surface area (TPSA) is 59.8 Å². The molecule has 5 nitrogen and oxygen atoms in total. The van der Waals surface area contributed by atoms with Gasteiger partial charge in [0.15, 0.2) is 5.16 Å². The zero-order chi connectivity index (χ0) is 16.1. The number of carbonyl (C=O) groups excluding carboxylic acids is 1. The van der Waals surface area contributed by atoms with Crippen LogP contribution in [0.25, 0.3) is 0 Å². The summed E-state index contributed by atoms with van der Waals surface area (Å²) < 4.78 is 2.17. The number of rotatable bonds is 5. The summed E-state index contributed by atoms with van der Waals surface area (Å²) in [5.74, 6) is 1.42. The van der Waals surface area contributed by atoms with E-state index in [1.165, 1.54) is 24.6 Å². The molecule has 0 spiro atoms. The summed E-state index contributed by atoms with van der Waals surface area (Å²) in [7, 11) is 0. The maximum Gasteiger partial charge on any atom is 0.234 e. The fourth-order valence-electron chi connectivity index (χ4n) is 2.83. The van der Waals surface area contributed by atoms with E-state index in [9.17, 15) is 4.79 Å². The molecule has 1 aromatic heterocycles. The van der Waals surface area contributed by atoms with Gasteiger partial charge < -0.3 is 9.88 Å². The summed E-state index contributed by atoms with van der Waals surface area (Å²) in [6.45, 7) is 3.05.